The van der Waals surface area contributed by atoms with Crippen LogP contribution in [0.25, 0.3) is 11.4 Å². The Morgan fingerprint density at radius 1 is 1.11 bits per heavy atom. The van der Waals surface area contributed by atoms with E-state index in [2.05, 4.69) is 19.6 Å². The van der Waals surface area contributed by atoms with Crippen LogP contribution in [-0.2, 0) is 17.4 Å². The van der Waals surface area contributed by atoms with Gasteiger partial charge in [0.15, 0.2) is 0 Å². The molecular formula is C16H7F4N3O3S. The van der Waals surface area contributed by atoms with Crippen LogP contribution in [0.2, 0.25) is 0 Å². The van der Waals surface area contributed by atoms with Gasteiger partial charge in [-0.15, -0.1) is 0 Å². The first-order valence-electron chi connectivity index (χ1n) is 7.15. The van der Waals surface area contributed by atoms with Crippen LogP contribution < -0.4 is 0 Å². The van der Waals surface area contributed by atoms with E-state index in [1.165, 1.54) is 30.3 Å². The second kappa shape index (κ2) is 7.19. The minimum absolute atomic E-state index is 0.0630. The first-order valence-corrected chi connectivity index (χ1v) is 7.89. The molecule has 138 valence electrons. The van der Waals surface area contributed by atoms with E-state index in [1.807, 2.05) is 0 Å². The monoisotopic (exact) mass is 397 g/mol. The molecule has 27 heavy (non-hydrogen) atoms. The van der Waals surface area contributed by atoms with Crippen LogP contribution in [0.15, 0.2) is 47.1 Å². The number of nitrogens with zero attached hydrogens (tertiary/aromatic N) is 3. The summed E-state index contributed by atoms with van der Waals surface area (Å²) >= 11 is -0.181. The molecule has 0 radical (unpaired) electrons. The Bertz CT molecular complexity index is 1060. The van der Waals surface area contributed by atoms with Crippen molar-refractivity contribution in [1.82, 2.24) is 15.1 Å². The molecule has 6 nitrogen and oxygen atoms in total. The highest BCUT2D eigenvalue weighted by molar-refractivity contribution is 7.69. The van der Waals surface area contributed by atoms with E-state index in [9.17, 15) is 26.6 Å². The Hall–Kier alpha value is -3.21. The summed E-state index contributed by atoms with van der Waals surface area (Å²) in [5.74, 6) is -3.45. The molecule has 0 spiro atoms. The van der Waals surface area contributed by atoms with Crippen molar-refractivity contribution in [3.63, 3.8) is 0 Å². The molecule has 0 N–H and O–H groups in total. The molecule has 2 aromatic heterocycles. The second-order valence-electron chi connectivity index (χ2n) is 5.07. The maximum atomic E-state index is 13.8. The van der Waals surface area contributed by atoms with E-state index in [4.69, 9.17) is 0 Å². The van der Waals surface area contributed by atoms with E-state index >= 15 is 0 Å². The van der Waals surface area contributed by atoms with Gasteiger partial charge < -0.3 is 4.52 Å². The van der Waals surface area contributed by atoms with E-state index in [0.717, 1.165) is 12.3 Å². The van der Waals surface area contributed by atoms with Gasteiger partial charge in [0.05, 0.1) is 0 Å². The maximum Gasteiger partial charge on any atom is 0.471 e. The minimum atomic E-state index is -4.79. The maximum absolute atomic E-state index is 13.8. The second-order valence-corrected chi connectivity index (χ2v) is 5.65. The van der Waals surface area contributed by atoms with Crippen LogP contribution in [0, 0.1) is 5.82 Å². The molecule has 0 saturated heterocycles. The predicted octanol–water partition coefficient (Wildman–Crippen LogP) is 2.91. The standard InChI is InChI=1S/C16H7F4N3O3S/c17-10-4-2-1-3-9(10)13(27-25)12(24)11-6-5-8(7-21-11)14-22-15(26-23-14)16(18,19)20/h1-7H. The fourth-order valence-electron chi connectivity index (χ4n) is 2.08. The Labute approximate surface area is 151 Å². The van der Waals surface area contributed by atoms with Gasteiger partial charge in [-0.3, -0.25) is 9.78 Å². The lowest BCUT2D eigenvalue weighted by atomic mass is 10.1. The number of ketones is 1. The van der Waals surface area contributed by atoms with Gasteiger partial charge in [0, 0.05) is 17.3 Å². The Morgan fingerprint density at radius 2 is 1.85 bits per heavy atom. The SMILES string of the molecule is O=S=C(C(=O)c1ccc(-c2noc(C(F)(F)F)n2)cn1)c1ccccc1F. The number of hydrogen-bond acceptors (Lipinski definition) is 6. The van der Waals surface area contributed by atoms with Gasteiger partial charge in [0.25, 0.3) is 0 Å². The van der Waals surface area contributed by atoms with Crippen molar-refractivity contribution in [2.75, 3.05) is 0 Å². The zero-order valence-electron chi connectivity index (χ0n) is 13.0. The van der Waals surface area contributed by atoms with E-state index < -0.39 is 28.5 Å². The summed E-state index contributed by atoms with van der Waals surface area (Å²) in [5, 5.41) is 3.20. The molecule has 0 aliphatic heterocycles. The van der Waals surface area contributed by atoms with Crippen molar-refractivity contribution in [1.29, 1.82) is 0 Å². The predicted molar refractivity (Wildman–Crippen MR) is 85.5 cm³/mol. The van der Waals surface area contributed by atoms with E-state index in [-0.39, 0.29) is 33.9 Å². The lowest BCUT2D eigenvalue weighted by Gasteiger charge is -2.04. The van der Waals surface area contributed by atoms with Crippen LogP contribution >= 0.6 is 0 Å². The van der Waals surface area contributed by atoms with Gasteiger partial charge in [-0.05, 0) is 18.2 Å². The average molecular weight is 397 g/mol. The summed E-state index contributed by atoms with van der Waals surface area (Å²) in [6.45, 7) is 0. The molecule has 0 atom stereocenters. The van der Waals surface area contributed by atoms with Gasteiger partial charge in [-0.1, -0.05) is 23.4 Å². The van der Waals surface area contributed by atoms with Crippen LogP contribution in [0.5, 0.6) is 0 Å². The third kappa shape index (κ3) is 3.82. The molecule has 0 fully saturated rings. The summed E-state index contributed by atoms with van der Waals surface area (Å²) in [6, 6.07) is 7.65. The van der Waals surface area contributed by atoms with Crippen molar-refractivity contribution in [3.05, 3.63) is 65.6 Å². The van der Waals surface area contributed by atoms with Crippen LogP contribution in [-0.4, -0.2) is 30.0 Å². The molecule has 0 aliphatic carbocycles. The first kappa shape index (κ1) is 18.6. The molecular weight excluding hydrogens is 390 g/mol. The first-order chi connectivity index (χ1) is 12.8. The van der Waals surface area contributed by atoms with Gasteiger partial charge in [-0.25, -0.2) is 8.60 Å². The fourth-order valence-corrected chi connectivity index (χ4v) is 2.52. The number of halogens is 4. The Morgan fingerprint density at radius 3 is 2.41 bits per heavy atom. The number of rotatable bonds is 4. The summed E-state index contributed by atoms with van der Waals surface area (Å²) in [7, 11) is 0. The number of carbonyl (C=O) groups is 1. The number of aromatic nitrogens is 3. The molecule has 0 unspecified atom stereocenters. The molecule has 1 aromatic carbocycles. The highest BCUT2D eigenvalue weighted by Gasteiger charge is 2.38. The number of benzene rings is 1. The molecule has 3 rings (SSSR count). The largest absolute Gasteiger partial charge is 0.471 e. The average Bonchev–Trinajstić information content (AvgIpc) is 3.14. The lowest BCUT2D eigenvalue weighted by molar-refractivity contribution is -0.159. The molecule has 0 aliphatic rings. The van der Waals surface area contributed by atoms with Crippen LogP contribution in [0.1, 0.15) is 21.9 Å². The van der Waals surface area contributed by atoms with Crippen LogP contribution in [0.3, 0.4) is 0 Å². The summed E-state index contributed by atoms with van der Waals surface area (Å²) < 4.78 is 66.7. The minimum Gasteiger partial charge on any atom is -0.329 e. The van der Waals surface area contributed by atoms with Crippen molar-refractivity contribution in [2.24, 2.45) is 0 Å². The zero-order chi connectivity index (χ0) is 19.6. The molecule has 0 bridgehead atoms. The third-order valence-electron chi connectivity index (χ3n) is 3.33. The number of Topliss-reactive ketones (excluding diaryl/α,β-unsaturated/α-hetero) is 1. The van der Waals surface area contributed by atoms with E-state index in [0.29, 0.717) is 0 Å². The quantitative estimate of drug-likeness (QED) is 0.382. The number of hydrogen-bond donors (Lipinski definition) is 0. The lowest BCUT2D eigenvalue weighted by Crippen LogP contribution is -2.18. The van der Waals surface area contributed by atoms with Crippen LogP contribution in [0.4, 0.5) is 17.6 Å². The highest BCUT2D eigenvalue weighted by atomic mass is 32.1. The zero-order valence-corrected chi connectivity index (χ0v) is 13.8. The topological polar surface area (TPSA) is 86.0 Å². The normalized spacial score (nSPS) is 11.3. The van der Waals surface area contributed by atoms with Gasteiger partial charge in [0.1, 0.15) is 27.6 Å². The van der Waals surface area contributed by atoms with Crippen molar-refractivity contribution < 1.29 is 31.1 Å². The molecule has 3 aromatic rings. The van der Waals surface area contributed by atoms with Gasteiger partial charge in [0.2, 0.25) is 11.6 Å². The van der Waals surface area contributed by atoms with Crippen molar-refractivity contribution >= 4 is 21.9 Å². The Balaban J connectivity index is 1.89. The van der Waals surface area contributed by atoms with Gasteiger partial charge in [-0.2, -0.15) is 18.2 Å². The Kier molecular flexibility index (Phi) is 4.95. The van der Waals surface area contributed by atoms with Gasteiger partial charge >= 0.3 is 12.1 Å². The number of pyridine rings is 1. The summed E-state index contributed by atoms with van der Waals surface area (Å²) in [6.07, 6.45) is -3.74. The molecule has 0 saturated carbocycles. The molecule has 0 amide bonds. The van der Waals surface area contributed by atoms with E-state index in [1.54, 1.807) is 0 Å². The molecule has 11 heteroatoms. The highest BCUT2D eigenvalue weighted by Crippen LogP contribution is 2.29. The van der Waals surface area contributed by atoms with Crippen molar-refractivity contribution in [3.8, 4) is 11.4 Å². The fraction of sp³-hybridized carbons (Fsp3) is 0.0625. The smallest absolute Gasteiger partial charge is 0.329 e. The summed E-state index contributed by atoms with van der Waals surface area (Å²) in [4.78, 5) is 19.0. The summed E-state index contributed by atoms with van der Waals surface area (Å²) in [5.41, 5.74) is -0.297. The van der Waals surface area contributed by atoms with Crippen molar-refractivity contribution in [2.45, 2.75) is 6.18 Å². The number of alkyl halides is 3. The number of carbonyl (C=O) groups excluding carboxylic acids is 1. The molecule has 2 heterocycles. The third-order valence-corrected chi connectivity index (χ3v) is 3.90.